The van der Waals surface area contributed by atoms with Crippen LogP contribution >= 0.6 is 11.8 Å². The lowest BCUT2D eigenvalue weighted by Gasteiger charge is -2.23. The summed E-state index contributed by atoms with van der Waals surface area (Å²) in [6, 6.07) is 8.44. The third-order valence-electron chi connectivity index (χ3n) is 2.49. The van der Waals surface area contributed by atoms with Gasteiger partial charge < -0.3 is 10.1 Å². The van der Waals surface area contributed by atoms with Gasteiger partial charge in [-0.25, -0.2) is 0 Å². The summed E-state index contributed by atoms with van der Waals surface area (Å²) >= 11 is 1.98. The van der Waals surface area contributed by atoms with E-state index in [2.05, 4.69) is 29.6 Å². The lowest BCUT2D eigenvalue weighted by molar-refractivity contribution is 0.242. The van der Waals surface area contributed by atoms with E-state index in [1.165, 1.54) is 17.7 Å². The Balaban J connectivity index is 2.00. The van der Waals surface area contributed by atoms with Crippen LogP contribution < -0.4 is 10.1 Å². The number of hydrogen-bond donors (Lipinski definition) is 1. The molecule has 0 aromatic heterocycles. The van der Waals surface area contributed by atoms with E-state index in [-0.39, 0.29) is 6.10 Å². The molecule has 0 radical (unpaired) electrons. The minimum absolute atomic E-state index is 0.244. The van der Waals surface area contributed by atoms with Gasteiger partial charge in [0.05, 0.1) is 11.5 Å². The first-order valence-corrected chi connectivity index (χ1v) is 6.92. The highest BCUT2D eigenvalue weighted by Crippen LogP contribution is 2.30. The van der Waals surface area contributed by atoms with Crippen LogP contribution in [0.2, 0.25) is 0 Å². The molecule has 0 spiro atoms. The second-order valence-corrected chi connectivity index (χ2v) is 5.51. The fourth-order valence-corrected chi connectivity index (χ4v) is 2.90. The topological polar surface area (TPSA) is 21.3 Å². The fourth-order valence-electron chi connectivity index (χ4n) is 1.77. The third kappa shape index (κ3) is 3.16. The Kier molecular flexibility index (Phi) is 4.13. The molecule has 1 heterocycles. The van der Waals surface area contributed by atoms with E-state index in [0.29, 0.717) is 5.37 Å². The molecule has 1 saturated heterocycles. The Hall–Kier alpha value is -0.670. The van der Waals surface area contributed by atoms with Crippen LogP contribution in [-0.2, 0) is 0 Å². The molecule has 1 aliphatic heterocycles. The summed E-state index contributed by atoms with van der Waals surface area (Å²) < 4.78 is 5.63. The quantitative estimate of drug-likeness (QED) is 0.872. The largest absolute Gasteiger partial charge is 0.491 e. The summed E-state index contributed by atoms with van der Waals surface area (Å²) in [5.74, 6) is 2.21. The zero-order valence-electron chi connectivity index (χ0n) is 9.90. The normalized spacial score (nSPS) is 21.1. The van der Waals surface area contributed by atoms with Crippen molar-refractivity contribution in [3.63, 3.8) is 0 Å². The molecule has 1 aromatic rings. The standard InChI is InChI=1S/C13H19NOS/c1-10(2)15-12-6-4-11(5-7-12)13-14-8-3-9-16-13/h4-7,10,13-14H,3,8-9H2,1-2H3. The van der Waals surface area contributed by atoms with E-state index < -0.39 is 0 Å². The number of benzene rings is 1. The van der Waals surface area contributed by atoms with Crippen LogP contribution in [0.5, 0.6) is 5.75 Å². The van der Waals surface area contributed by atoms with Crippen LogP contribution in [0.1, 0.15) is 31.2 Å². The zero-order chi connectivity index (χ0) is 11.4. The molecular formula is C13H19NOS. The monoisotopic (exact) mass is 237 g/mol. The molecule has 0 amide bonds. The highest BCUT2D eigenvalue weighted by molar-refractivity contribution is 7.99. The van der Waals surface area contributed by atoms with Crippen molar-refractivity contribution >= 4 is 11.8 Å². The molecule has 0 bridgehead atoms. The van der Waals surface area contributed by atoms with Crippen molar-refractivity contribution < 1.29 is 4.74 Å². The van der Waals surface area contributed by atoms with Gasteiger partial charge in [0.1, 0.15) is 5.75 Å². The minimum Gasteiger partial charge on any atom is -0.491 e. The molecule has 1 unspecified atom stereocenters. The lowest BCUT2D eigenvalue weighted by Crippen LogP contribution is -2.25. The molecule has 88 valence electrons. The predicted molar refractivity (Wildman–Crippen MR) is 70.0 cm³/mol. The molecule has 2 nitrogen and oxygen atoms in total. The van der Waals surface area contributed by atoms with Crippen LogP contribution in [-0.4, -0.2) is 18.4 Å². The maximum Gasteiger partial charge on any atom is 0.119 e. The first-order valence-electron chi connectivity index (χ1n) is 5.87. The Bertz CT molecular complexity index is 317. The van der Waals surface area contributed by atoms with Crippen LogP contribution in [0.3, 0.4) is 0 Å². The van der Waals surface area contributed by atoms with E-state index in [0.717, 1.165) is 12.3 Å². The highest BCUT2D eigenvalue weighted by atomic mass is 32.2. The molecule has 1 N–H and O–H groups in total. The fraction of sp³-hybridized carbons (Fsp3) is 0.538. The second kappa shape index (κ2) is 5.60. The molecule has 3 heteroatoms. The van der Waals surface area contributed by atoms with Gasteiger partial charge in [0.25, 0.3) is 0 Å². The molecule has 1 aromatic carbocycles. The zero-order valence-corrected chi connectivity index (χ0v) is 10.7. The summed E-state index contributed by atoms with van der Waals surface area (Å²) in [4.78, 5) is 0. The summed E-state index contributed by atoms with van der Waals surface area (Å²) in [7, 11) is 0. The molecule has 0 saturated carbocycles. The molecule has 0 aliphatic carbocycles. The maximum absolute atomic E-state index is 5.63. The van der Waals surface area contributed by atoms with Gasteiger partial charge in [0.15, 0.2) is 0 Å². The van der Waals surface area contributed by atoms with Crippen LogP contribution in [0, 0.1) is 0 Å². The lowest BCUT2D eigenvalue weighted by atomic mass is 10.2. The van der Waals surface area contributed by atoms with Crippen molar-refractivity contribution in [3.05, 3.63) is 29.8 Å². The minimum atomic E-state index is 0.244. The van der Waals surface area contributed by atoms with Gasteiger partial charge in [0, 0.05) is 0 Å². The SMILES string of the molecule is CC(C)Oc1ccc(C2NCCCS2)cc1. The van der Waals surface area contributed by atoms with Crippen LogP contribution in [0.15, 0.2) is 24.3 Å². The first-order chi connectivity index (χ1) is 7.75. The van der Waals surface area contributed by atoms with Crippen molar-refractivity contribution in [3.8, 4) is 5.75 Å². The number of ether oxygens (including phenoxy) is 1. The Morgan fingerprint density at radius 3 is 2.62 bits per heavy atom. The van der Waals surface area contributed by atoms with Crippen LogP contribution in [0.25, 0.3) is 0 Å². The second-order valence-electron chi connectivity index (χ2n) is 4.29. The molecule has 1 atom stereocenters. The van der Waals surface area contributed by atoms with E-state index in [9.17, 15) is 0 Å². The predicted octanol–water partition coefficient (Wildman–Crippen LogP) is 3.20. The van der Waals surface area contributed by atoms with Gasteiger partial charge in [-0.2, -0.15) is 0 Å². The van der Waals surface area contributed by atoms with Gasteiger partial charge in [0.2, 0.25) is 0 Å². The average molecular weight is 237 g/mol. The third-order valence-corrected chi connectivity index (χ3v) is 3.79. The van der Waals surface area contributed by atoms with Crippen molar-refractivity contribution in [2.24, 2.45) is 0 Å². The van der Waals surface area contributed by atoms with Gasteiger partial charge in [-0.1, -0.05) is 12.1 Å². The van der Waals surface area contributed by atoms with E-state index in [4.69, 9.17) is 4.74 Å². The Morgan fingerprint density at radius 2 is 2.06 bits per heavy atom. The van der Waals surface area contributed by atoms with Gasteiger partial charge in [-0.15, -0.1) is 11.8 Å². The number of rotatable bonds is 3. The van der Waals surface area contributed by atoms with Crippen LogP contribution in [0.4, 0.5) is 0 Å². The molecular weight excluding hydrogens is 218 g/mol. The summed E-state index contributed by atoms with van der Waals surface area (Å²) in [5.41, 5.74) is 1.35. The maximum atomic E-state index is 5.63. The summed E-state index contributed by atoms with van der Waals surface area (Å²) in [5, 5.41) is 3.98. The molecule has 1 fully saturated rings. The number of hydrogen-bond acceptors (Lipinski definition) is 3. The molecule has 1 aliphatic rings. The van der Waals surface area contributed by atoms with Gasteiger partial charge >= 0.3 is 0 Å². The number of thioether (sulfide) groups is 1. The van der Waals surface area contributed by atoms with E-state index in [1.54, 1.807) is 0 Å². The smallest absolute Gasteiger partial charge is 0.119 e. The average Bonchev–Trinajstić information content (AvgIpc) is 2.30. The number of nitrogens with one attached hydrogen (secondary N) is 1. The first kappa shape index (κ1) is 11.8. The van der Waals surface area contributed by atoms with Gasteiger partial charge in [-0.05, 0) is 50.3 Å². The van der Waals surface area contributed by atoms with Gasteiger partial charge in [-0.3, -0.25) is 0 Å². The summed E-state index contributed by atoms with van der Waals surface area (Å²) in [6.07, 6.45) is 1.52. The molecule has 2 rings (SSSR count). The van der Waals surface area contributed by atoms with Crippen molar-refractivity contribution in [2.75, 3.05) is 12.3 Å². The van der Waals surface area contributed by atoms with Crippen molar-refractivity contribution in [2.45, 2.75) is 31.7 Å². The Morgan fingerprint density at radius 1 is 1.31 bits per heavy atom. The van der Waals surface area contributed by atoms with E-state index in [1.807, 2.05) is 25.6 Å². The van der Waals surface area contributed by atoms with Crippen molar-refractivity contribution in [1.82, 2.24) is 5.32 Å². The Labute approximate surface area is 102 Å². The van der Waals surface area contributed by atoms with Crippen molar-refractivity contribution in [1.29, 1.82) is 0 Å². The summed E-state index contributed by atoms with van der Waals surface area (Å²) in [6.45, 7) is 5.22. The van der Waals surface area contributed by atoms with E-state index >= 15 is 0 Å². The highest BCUT2D eigenvalue weighted by Gasteiger charge is 2.14. The molecule has 16 heavy (non-hydrogen) atoms.